The summed E-state index contributed by atoms with van der Waals surface area (Å²) < 4.78 is 18.1. The van der Waals surface area contributed by atoms with Gasteiger partial charge in [0.15, 0.2) is 17.9 Å². The molecule has 1 aliphatic heterocycles. The first kappa shape index (κ1) is 38.1. The molecule has 6 atom stereocenters. The fourth-order valence-electron chi connectivity index (χ4n) is 7.89. The van der Waals surface area contributed by atoms with Gasteiger partial charge in [0, 0.05) is 55.1 Å². The molecule has 0 amide bonds. The Morgan fingerprint density at radius 2 is 1.51 bits per heavy atom. The van der Waals surface area contributed by atoms with Crippen molar-refractivity contribution in [1.82, 2.24) is 4.90 Å². The number of aliphatic hydroxyl groups excluding tert-OH is 1. The first-order chi connectivity index (χ1) is 24.9. The van der Waals surface area contributed by atoms with E-state index >= 15 is 0 Å². The Balaban J connectivity index is 0.00000280. The molecule has 7 rings (SSSR count). The summed E-state index contributed by atoms with van der Waals surface area (Å²) in [5.74, 6) is -3.14. The first-order valence-corrected chi connectivity index (χ1v) is 17.3. The molecule has 4 N–H and O–H groups in total. The van der Waals surface area contributed by atoms with E-state index in [1.165, 1.54) is 32.2 Å². The number of phenolic OH excluding ortho intramolecular Hbond substituents is 2. The topological polar surface area (TPSA) is 163 Å². The van der Waals surface area contributed by atoms with Gasteiger partial charge in [-0.25, -0.2) is 0 Å². The predicted molar refractivity (Wildman–Crippen MR) is 189 cm³/mol. The third kappa shape index (κ3) is 6.85. The first-order valence-electron chi connectivity index (χ1n) is 17.3. The molecule has 1 fully saturated rings. The van der Waals surface area contributed by atoms with E-state index in [2.05, 4.69) is 4.90 Å². The van der Waals surface area contributed by atoms with Crippen LogP contribution in [0.2, 0.25) is 0 Å². The number of carbonyl (C=O) groups is 3. The van der Waals surface area contributed by atoms with Crippen molar-refractivity contribution in [2.75, 3.05) is 7.11 Å². The summed E-state index contributed by atoms with van der Waals surface area (Å²) in [6, 6.07) is 23.8. The Morgan fingerprint density at radius 3 is 2.09 bits per heavy atom. The number of carbonyl (C=O) groups excluding carboxylic acids is 3. The summed E-state index contributed by atoms with van der Waals surface area (Å²) in [6.07, 6.45) is -4.50. The molecule has 1 heterocycles. The zero-order valence-electron chi connectivity index (χ0n) is 30.5. The van der Waals surface area contributed by atoms with Gasteiger partial charge in [-0.05, 0) is 31.0 Å². The van der Waals surface area contributed by atoms with Crippen molar-refractivity contribution in [1.29, 1.82) is 0 Å². The molecule has 53 heavy (non-hydrogen) atoms. The standard InChI is InChI=1S/C41H41NO10.ClH/c1-22-36(44)28(42(20-24-11-6-4-7-12-24)21-25-13-8-5-9-14-25)17-31(51-22)52-30-19-41(49,23(2)43)18-27-33(30)40(48)35-34(38(27)46)37(45)26-15-10-16-29(50-3)32(26)39(35)47;/h4-16,22,28,30-31,36,44,46,48-49H,17-21H2,1-3H3;1H/t22?,28?,30-,31?,36?,41-;/m0./s1. The molecule has 0 radical (unpaired) electrons. The quantitative estimate of drug-likeness (QED) is 0.163. The highest BCUT2D eigenvalue weighted by Crippen LogP contribution is 2.52. The molecule has 12 heteroatoms. The number of methoxy groups -OCH3 is 1. The number of aromatic hydroxyl groups is 2. The van der Waals surface area contributed by atoms with Crippen molar-refractivity contribution in [3.63, 3.8) is 0 Å². The molecule has 278 valence electrons. The minimum Gasteiger partial charge on any atom is -1.00 e. The van der Waals surface area contributed by atoms with Crippen molar-refractivity contribution in [3.8, 4) is 17.2 Å². The van der Waals surface area contributed by atoms with Crippen LogP contribution in [0.15, 0.2) is 78.9 Å². The fraction of sp³-hybridized carbons (Fsp3) is 0.341. The van der Waals surface area contributed by atoms with Gasteiger partial charge in [-0.3, -0.25) is 19.3 Å². The molecule has 3 aliphatic rings. The number of ketones is 3. The maximum atomic E-state index is 14.0. The van der Waals surface area contributed by atoms with E-state index < -0.39 is 82.6 Å². The lowest BCUT2D eigenvalue weighted by molar-refractivity contribution is -0.259. The number of hydrogen-bond acceptors (Lipinski definition) is 11. The normalized spacial score (nSPS) is 24.8. The minimum absolute atomic E-state index is 0. The number of rotatable bonds is 9. The average Bonchev–Trinajstić information content (AvgIpc) is 3.13. The SMILES string of the molecule is COc1cccc2c1C(=O)c1c(O)c3c(c(O)c1C2=O)C[C@@](O)(C(C)=O)C[C@@H]3OC1CC(N(Cc2ccccc2)Cc2ccccc2)C(O)C(C)O1.[Cl-].[H+]. The second-order valence-corrected chi connectivity index (χ2v) is 13.9. The Morgan fingerprint density at radius 1 is 0.906 bits per heavy atom. The van der Waals surface area contributed by atoms with Gasteiger partial charge >= 0.3 is 1.43 Å². The molecular weight excluding hydrogens is 702 g/mol. The van der Waals surface area contributed by atoms with Crippen molar-refractivity contribution in [3.05, 3.63) is 123 Å². The maximum absolute atomic E-state index is 14.0. The van der Waals surface area contributed by atoms with Crippen LogP contribution < -0.4 is 17.1 Å². The molecule has 0 spiro atoms. The molecule has 4 aromatic rings. The van der Waals surface area contributed by atoms with E-state index in [4.69, 9.17) is 14.2 Å². The van der Waals surface area contributed by atoms with Gasteiger partial charge in [0.05, 0.1) is 42.1 Å². The summed E-state index contributed by atoms with van der Waals surface area (Å²) in [5.41, 5.74) is -0.954. The summed E-state index contributed by atoms with van der Waals surface area (Å²) >= 11 is 0. The van der Waals surface area contributed by atoms with E-state index in [0.717, 1.165) is 11.1 Å². The molecule has 11 nitrogen and oxygen atoms in total. The number of phenols is 2. The van der Waals surface area contributed by atoms with Crippen molar-refractivity contribution >= 4 is 17.3 Å². The molecule has 0 bridgehead atoms. The molecule has 0 saturated carbocycles. The lowest BCUT2D eigenvalue weighted by atomic mass is 9.72. The number of Topliss-reactive ketones (excluding diaryl/α,β-unsaturated/α-hetero) is 1. The van der Waals surface area contributed by atoms with Crippen LogP contribution in [-0.4, -0.2) is 79.9 Å². The smallest absolute Gasteiger partial charge is 1.00 e. The average molecular weight is 744 g/mol. The molecule has 4 aromatic carbocycles. The molecule has 1 saturated heterocycles. The van der Waals surface area contributed by atoms with Gasteiger partial charge < -0.3 is 47.0 Å². The second kappa shape index (κ2) is 15.0. The molecule has 2 aliphatic carbocycles. The molecular formula is C41H42ClNO10. The zero-order chi connectivity index (χ0) is 36.9. The minimum atomic E-state index is -2.04. The highest BCUT2D eigenvalue weighted by Gasteiger charge is 2.50. The largest absolute Gasteiger partial charge is 1.00 e. The summed E-state index contributed by atoms with van der Waals surface area (Å²) in [7, 11) is 1.36. The lowest BCUT2D eigenvalue weighted by Gasteiger charge is -2.45. The fourth-order valence-corrected chi connectivity index (χ4v) is 7.89. The Labute approximate surface area is 314 Å². The molecule has 0 aromatic heterocycles. The van der Waals surface area contributed by atoms with Crippen LogP contribution >= 0.6 is 0 Å². The van der Waals surface area contributed by atoms with Gasteiger partial charge in [0.25, 0.3) is 0 Å². The predicted octanol–water partition coefficient (Wildman–Crippen LogP) is 1.89. The van der Waals surface area contributed by atoms with Gasteiger partial charge in [0.1, 0.15) is 22.8 Å². The number of nitrogens with zero attached hydrogens (tertiary/aromatic N) is 1. The number of benzene rings is 4. The Hall–Kier alpha value is -4.62. The zero-order valence-corrected chi connectivity index (χ0v) is 30.2. The molecule has 4 unspecified atom stereocenters. The van der Waals surface area contributed by atoms with Gasteiger partial charge in [-0.15, -0.1) is 0 Å². The number of hydrogen-bond donors (Lipinski definition) is 4. The number of aliphatic hydroxyl groups is 2. The summed E-state index contributed by atoms with van der Waals surface area (Å²) in [4.78, 5) is 42.9. The summed E-state index contributed by atoms with van der Waals surface area (Å²) in [5, 5.41) is 46.8. The van der Waals surface area contributed by atoms with Gasteiger partial charge in [-0.1, -0.05) is 72.8 Å². The van der Waals surface area contributed by atoms with Crippen LogP contribution in [0, 0.1) is 0 Å². The van der Waals surface area contributed by atoms with Crippen LogP contribution in [0.3, 0.4) is 0 Å². The van der Waals surface area contributed by atoms with Gasteiger partial charge in [-0.2, -0.15) is 0 Å². The summed E-state index contributed by atoms with van der Waals surface area (Å²) in [6.45, 7) is 3.96. The number of halogens is 1. The van der Waals surface area contributed by atoms with E-state index in [0.29, 0.717) is 13.1 Å². The van der Waals surface area contributed by atoms with E-state index in [-0.39, 0.29) is 54.7 Å². The lowest BCUT2D eigenvalue weighted by Crippen LogP contribution is -3.00. The van der Waals surface area contributed by atoms with Crippen LogP contribution in [0.4, 0.5) is 0 Å². The highest BCUT2D eigenvalue weighted by molar-refractivity contribution is 6.31. The highest BCUT2D eigenvalue weighted by atomic mass is 35.5. The van der Waals surface area contributed by atoms with E-state index in [9.17, 15) is 34.8 Å². The van der Waals surface area contributed by atoms with Crippen LogP contribution in [0.5, 0.6) is 17.2 Å². The number of ether oxygens (including phenoxy) is 3. The van der Waals surface area contributed by atoms with Gasteiger partial charge in [0.2, 0.25) is 5.78 Å². The van der Waals surface area contributed by atoms with E-state index in [1.807, 2.05) is 60.7 Å². The monoisotopic (exact) mass is 743 g/mol. The number of fused-ring (bicyclic) bond motifs is 3. The Bertz CT molecular complexity index is 2010. The third-order valence-electron chi connectivity index (χ3n) is 10.6. The van der Waals surface area contributed by atoms with Crippen molar-refractivity contribution < 1.29 is 62.9 Å². The van der Waals surface area contributed by atoms with E-state index in [1.54, 1.807) is 6.92 Å². The van der Waals surface area contributed by atoms with Crippen LogP contribution in [0.1, 0.15) is 88.3 Å². The Kier molecular flexibility index (Phi) is 10.8. The third-order valence-corrected chi connectivity index (χ3v) is 10.6. The maximum Gasteiger partial charge on any atom is 1.00 e. The van der Waals surface area contributed by atoms with Crippen LogP contribution in [-0.2, 0) is 33.8 Å². The van der Waals surface area contributed by atoms with Crippen molar-refractivity contribution in [2.24, 2.45) is 0 Å². The van der Waals surface area contributed by atoms with Crippen molar-refractivity contribution in [2.45, 2.75) is 82.4 Å². The van der Waals surface area contributed by atoms with Crippen LogP contribution in [0.25, 0.3) is 0 Å². The second-order valence-electron chi connectivity index (χ2n) is 13.9.